The molecule has 1 rings (SSSR count). The smallest absolute Gasteiger partial charge is 0.000814 e. The lowest BCUT2D eigenvalue weighted by Gasteiger charge is -2.25. The van der Waals surface area contributed by atoms with Gasteiger partial charge < -0.3 is 11.1 Å². The van der Waals surface area contributed by atoms with Gasteiger partial charge in [0, 0.05) is 0 Å². The van der Waals surface area contributed by atoms with Crippen LogP contribution in [0.15, 0.2) is 0 Å². The largest absolute Gasteiger partial charge is 0.330 e. The van der Waals surface area contributed by atoms with E-state index < -0.39 is 0 Å². The Labute approximate surface area is 101 Å². The van der Waals surface area contributed by atoms with E-state index >= 15 is 0 Å². The summed E-state index contributed by atoms with van der Waals surface area (Å²) in [5.74, 6) is 2.49. The number of nitrogens with one attached hydrogen (secondary N) is 1. The van der Waals surface area contributed by atoms with Gasteiger partial charge >= 0.3 is 0 Å². The van der Waals surface area contributed by atoms with Crippen molar-refractivity contribution in [1.82, 2.24) is 5.32 Å². The van der Waals surface area contributed by atoms with Gasteiger partial charge in [-0.15, -0.1) is 0 Å². The molecule has 0 aliphatic heterocycles. The van der Waals surface area contributed by atoms with E-state index in [-0.39, 0.29) is 0 Å². The average Bonchev–Trinajstić information content (AvgIpc) is 2.97. The molecule has 1 fully saturated rings. The Balaban J connectivity index is 2.12. The molecule has 0 radical (unpaired) electrons. The first kappa shape index (κ1) is 14.0. The zero-order valence-corrected chi connectivity index (χ0v) is 11.6. The van der Waals surface area contributed by atoms with Crippen molar-refractivity contribution in [3.8, 4) is 0 Å². The molecule has 1 aliphatic rings. The van der Waals surface area contributed by atoms with Gasteiger partial charge in [-0.2, -0.15) is 0 Å². The van der Waals surface area contributed by atoms with Gasteiger partial charge in [0.1, 0.15) is 0 Å². The molecule has 0 amide bonds. The van der Waals surface area contributed by atoms with Gasteiger partial charge in [-0.25, -0.2) is 0 Å². The van der Waals surface area contributed by atoms with Crippen LogP contribution in [-0.2, 0) is 0 Å². The summed E-state index contributed by atoms with van der Waals surface area (Å²) in [5, 5.41) is 3.60. The summed E-state index contributed by atoms with van der Waals surface area (Å²) in [6.45, 7) is 12.3. The van der Waals surface area contributed by atoms with Crippen molar-refractivity contribution >= 4 is 0 Å². The Bertz CT molecular complexity index is 191. The van der Waals surface area contributed by atoms with Crippen molar-refractivity contribution in [2.45, 2.75) is 47.0 Å². The first-order chi connectivity index (χ1) is 7.42. The fourth-order valence-electron chi connectivity index (χ4n) is 2.45. The molecule has 2 atom stereocenters. The summed E-state index contributed by atoms with van der Waals surface area (Å²) in [6.07, 6.45) is 4.12. The Morgan fingerprint density at radius 1 is 1.25 bits per heavy atom. The van der Waals surface area contributed by atoms with E-state index in [1.165, 1.54) is 25.8 Å². The average molecular weight is 226 g/mol. The standard InChI is InChI=1S/C14H30N2/c1-11(13-5-6-13)9-16-10-12(8-15)7-14(2,3)4/h11-13,16H,5-10,15H2,1-4H3. The van der Waals surface area contributed by atoms with Gasteiger partial charge in [0.2, 0.25) is 0 Å². The van der Waals surface area contributed by atoms with Gasteiger partial charge in [0.15, 0.2) is 0 Å². The van der Waals surface area contributed by atoms with Crippen molar-refractivity contribution in [1.29, 1.82) is 0 Å². The number of hydrogen-bond donors (Lipinski definition) is 2. The van der Waals surface area contributed by atoms with E-state index in [0.717, 1.165) is 24.9 Å². The highest BCUT2D eigenvalue weighted by atomic mass is 14.9. The summed E-state index contributed by atoms with van der Waals surface area (Å²) in [6, 6.07) is 0. The lowest BCUT2D eigenvalue weighted by atomic mass is 9.84. The van der Waals surface area contributed by atoms with Crippen molar-refractivity contribution in [2.75, 3.05) is 19.6 Å². The minimum Gasteiger partial charge on any atom is -0.330 e. The fraction of sp³-hybridized carbons (Fsp3) is 1.00. The minimum atomic E-state index is 0.397. The second-order valence-electron chi connectivity index (χ2n) is 6.84. The number of hydrogen-bond acceptors (Lipinski definition) is 2. The molecule has 1 saturated carbocycles. The third kappa shape index (κ3) is 5.86. The summed E-state index contributed by atoms with van der Waals surface area (Å²) in [5.41, 5.74) is 6.23. The van der Waals surface area contributed by atoms with Gasteiger partial charge in [0.25, 0.3) is 0 Å². The Morgan fingerprint density at radius 3 is 2.31 bits per heavy atom. The van der Waals surface area contributed by atoms with Crippen LogP contribution >= 0.6 is 0 Å². The van der Waals surface area contributed by atoms with Crippen LogP contribution in [-0.4, -0.2) is 19.6 Å². The zero-order chi connectivity index (χ0) is 12.2. The van der Waals surface area contributed by atoms with Crippen molar-refractivity contribution < 1.29 is 0 Å². The van der Waals surface area contributed by atoms with Crippen LogP contribution in [0.25, 0.3) is 0 Å². The van der Waals surface area contributed by atoms with Crippen LogP contribution in [0.5, 0.6) is 0 Å². The lowest BCUT2D eigenvalue weighted by molar-refractivity contribution is 0.285. The third-order valence-electron chi connectivity index (χ3n) is 3.56. The van der Waals surface area contributed by atoms with Crippen LogP contribution in [0.1, 0.15) is 47.0 Å². The molecular formula is C14H30N2. The molecule has 0 aromatic rings. The molecule has 2 heteroatoms. The first-order valence-electron chi connectivity index (χ1n) is 6.83. The Kier molecular flexibility index (Phi) is 5.26. The van der Waals surface area contributed by atoms with E-state index in [1.807, 2.05) is 0 Å². The lowest BCUT2D eigenvalue weighted by Crippen LogP contribution is -2.33. The van der Waals surface area contributed by atoms with Crippen LogP contribution in [0.4, 0.5) is 0 Å². The predicted molar refractivity (Wildman–Crippen MR) is 71.4 cm³/mol. The van der Waals surface area contributed by atoms with E-state index in [4.69, 9.17) is 5.73 Å². The van der Waals surface area contributed by atoms with Gasteiger partial charge in [0.05, 0.1) is 0 Å². The number of nitrogens with two attached hydrogens (primary N) is 1. The molecule has 2 unspecified atom stereocenters. The highest BCUT2D eigenvalue weighted by Crippen LogP contribution is 2.36. The molecule has 16 heavy (non-hydrogen) atoms. The zero-order valence-electron chi connectivity index (χ0n) is 11.6. The Hall–Kier alpha value is -0.0800. The SMILES string of the molecule is CC(CNCC(CN)CC(C)(C)C)C1CC1. The van der Waals surface area contributed by atoms with E-state index in [2.05, 4.69) is 33.0 Å². The summed E-state index contributed by atoms with van der Waals surface area (Å²) < 4.78 is 0. The van der Waals surface area contributed by atoms with E-state index in [1.54, 1.807) is 0 Å². The van der Waals surface area contributed by atoms with E-state index in [0.29, 0.717) is 11.3 Å². The molecule has 0 saturated heterocycles. The Morgan fingerprint density at radius 2 is 1.88 bits per heavy atom. The highest BCUT2D eigenvalue weighted by molar-refractivity contribution is 4.80. The van der Waals surface area contributed by atoms with Crippen molar-refractivity contribution in [3.05, 3.63) is 0 Å². The highest BCUT2D eigenvalue weighted by Gasteiger charge is 2.27. The molecule has 3 N–H and O–H groups in total. The molecule has 0 bridgehead atoms. The molecule has 0 aromatic carbocycles. The first-order valence-corrected chi connectivity index (χ1v) is 6.83. The maximum Gasteiger partial charge on any atom is -0.000814 e. The molecule has 0 heterocycles. The second kappa shape index (κ2) is 6.02. The minimum absolute atomic E-state index is 0.397. The third-order valence-corrected chi connectivity index (χ3v) is 3.56. The van der Waals surface area contributed by atoms with Crippen LogP contribution in [0, 0.1) is 23.2 Å². The van der Waals surface area contributed by atoms with Crippen molar-refractivity contribution in [3.63, 3.8) is 0 Å². The quantitative estimate of drug-likeness (QED) is 0.700. The maximum atomic E-state index is 5.83. The predicted octanol–water partition coefficient (Wildman–Crippen LogP) is 2.63. The number of rotatable bonds is 7. The summed E-state index contributed by atoms with van der Waals surface area (Å²) >= 11 is 0. The maximum absolute atomic E-state index is 5.83. The van der Waals surface area contributed by atoms with Crippen LogP contribution < -0.4 is 11.1 Å². The summed E-state index contributed by atoms with van der Waals surface area (Å²) in [4.78, 5) is 0. The monoisotopic (exact) mass is 226 g/mol. The fourth-order valence-corrected chi connectivity index (χ4v) is 2.45. The molecule has 96 valence electrons. The van der Waals surface area contributed by atoms with Crippen LogP contribution in [0.3, 0.4) is 0 Å². The van der Waals surface area contributed by atoms with Gasteiger partial charge in [-0.05, 0) is 62.1 Å². The molecule has 1 aliphatic carbocycles. The van der Waals surface area contributed by atoms with Crippen LogP contribution in [0.2, 0.25) is 0 Å². The molecule has 0 aromatic heterocycles. The summed E-state index contributed by atoms with van der Waals surface area (Å²) in [7, 11) is 0. The normalized spacial score (nSPS) is 20.8. The molecular weight excluding hydrogens is 196 g/mol. The molecule has 2 nitrogen and oxygen atoms in total. The van der Waals surface area contributed by atoms with Crippen molar-refractivity contribution in [2.24, 2.45) is 28.9 Å². The topological polar surface area (TPSA) is 38.0 Å². The van der Waals surface area contributed by atoms with E-state index in [9.17, 15) is 0 Å². The second-order valence-corrected chi connectivity index (χ2v) is 6.84. The molecule has 0 spiro atoms. The van der Waals surface area contributed by atoms with Gasteiger partial charge in [-0.3, -0.25) is 0 Å². The van der Waals surface area contributed by atoms with Gasteiger partial charge in [-0.1, -0.05) is 27.7 Å².